The molecule has 3 aromatic rings. The number of benzene rings is 3. The summed E-state index contributed by atoms with van der Waals surface area (Å²) < 4.78 is 7.12. The first-order valence-corrected chi connectivity index (χ1v) is 14.3. The van der Waals surface area contributed by atoms with E-state index in [2.05, 4.69) is 48.0 Å². The number of rotatable bonds is 5. The van der Waals surface area contributed by atoms with Crippen LogP contribution in [0.25, 0.3) is 0 Å². The maximum absolute atomic E-state index is 14.0. The van der Waals surface area contributed by atoms with Gasteiger partial charge in [-0.3, -0.25) is 9.69 Å². The van der Waals surface area contributed by atoms with E-state index in [9.17, 15) is 10.1 Å². The van der Waals surface area contributed by atoms with E-state index in [0.29, 0.717) is 36.4 Å². The van der Waals surface area contributed by atoms with Crippen LogP contribution < -0.4 is 15.4 Å². The number of aryl methyl sites for hydroxylation is 2. The Bertz CT molecular complexity index is 1590. The Hall–Kier alpha value is -3.82. The number of halogens is 1. The summed E-state index contributed by atoms with van der Waals surface area (Å²) in [6, 6.07) is 22.4. The molecule has 1 atom stereocenters. The topological polar surface area (TPSA) is 79.3 Å². The molecule has 5 rings (SSSR count). The Morgan fingerprint density at radius 3 is 2.35 bits per heavy atom. The summed E-state index contributed by atoms with van der Waals surface area (Å²) >= 11 is 3.46. The van der Waals surface area contributed by atoms with Gasteiger partial charge in [-0.05, 0) is 85.7 Å². The first-order chi connectivity index (χ1) is 19.0. The molecule has 2 N–H and O–H groups in total. The Morgan fingerprint density at radius 1 is 1.02 bits per heavy atom. The molecule has 5 nitrogen and oxygen atoms in total. The van der Waals surface area contributed by atoms with E-state index in [-0.39, 0.29) is 11.2 Å². The van der Waals surface area contributed by atoms with Crippen LogP contribution in [0.1, 0.15) is 60.4 Å². The van der Waals surface area contributed by atoms with Crippen molar-refractivity contribution >= 4 is 27.4 Å². The van der Waals surface area contributed by atoms with E-state index < -0.39 is 5.92 Å². The van der Waals surface area contributed by atoms with Crippen molar-refractivity contribution in [3.63, 3.8) is 0 Å². The summed E-state index contributed by atoms with van der Waals surface area (Å²) in [6.45, 7) is 10.7. The number of carbonyl (C=O) groups is 1. The number of nitrogens with zero attached hydrogens (tertiary/aromatic N) is 2. The van der Waals surface area contributed by atoms with Gasteiger partial charge in [0.15, 0.2) is 5.78 Å². The SMILES string of the molecule is Cc1ccc(N2C(N)=C(C#N)C(c3cc(C)cc(COc4ccc(Br)cc4)c3C)C3=C2CC(C)(C)CC3=O)cc1. The summed E-state index contributed by atoms with van der Waals surface area (Å²) in [5.74, 6) is 0.696. The van der Waals surface area contributed by atoms with Gasteiger partial charge in [-0.2, -0.15) is 5.26 Å². The molecule has 2 aliphatic rings. The van der Waals surface area contributed by atoms with Crippen molar-refractivity contribution < 1.29 is 9.53 Å². The van der Waals surface area contributed by atoms with Gasteiger partial charge in [0.2, 0.25) is 0 Å². The molecular weight excluding hydrogens is 562 g/mol. The maximum atomic E-state index is 14.0. The molecule has 0 saturated heterocycles. The molecule has 0 radical (unpaired) electrons. The second-order valence-corrected chi connectivity index (χ2v) is 12.6. The number of anilines is 1. The molecule has 6 heteroatoms. The highest BCUT2D eigenvalue weighted by Gasteiger charge is 2.45. The van der Waals surface area contributed by atoms with Gasteiger partial charge in [-0.25, -0.2) is 0 Å². The van der Waals surface area contributed by atoms with Gasteiger partial charge in [0.25, 0.3) is 0 Å². The number of carbonyl (C=O) groups excluding carboxylic acids is 1. The molecule has 1 unspecified atom stereocenters. The number of Topliss-reactive ketones (excluding diaryl/α,β-unsaturated/α-hetero) is 1. The van der Waals surface area contributed by atoms with Crippen molar-refractivity contribution in [1.29, 1.82) is 5.26 Å². The zero-order chi connectivity index (χ0) is 28.8. The van der Waals surface area contributed by atoms with Crippen molar-refractivity contribution in [1.82, 2.24) is 0 Å². The number of hydrogen-bond donors (Lipinski definition) is 1. The molecule has 0 amide bonds. The van der Waals surface area contributed by atoms with Crippen molar-refractivity contribution in [2.24, 2.45) is 11.1 Å². The minimum Gasteiger partial charge on any atom is -0.489 e. The quantitative estimate of drug-likeness (QED) is 0.324. The Balaban J connectivity index is 1.66. The average molecular weight is 597 g/mol. The summed E-state index contributed by atoms with van der Waals surface area (Å²) in [6.07, 6.45) is 1.11. The average Bonchev–Trinajstić information content (AvgIpc) is 2.89. The fourth-order valence-corrected chi connectivity index (χ4v) is 6.18. The zero-order valence-electron chi connectivity index (χ0n) is 23.6. The van der Waals surface area contributed by atoms with Crippen molar-refractivity contribution in [3.8, 4) is 11.8 Å². The van der Waals surface area contributed by atoms with E-state index >= 15 is 0 Å². The zero-order valence-corrected chi connectivity index (χ0v) is 25.2. The van der Waals surface area contributed by atoms with Gasteiger partial charge in [-0.1, -0.05) is 65.2 Å². The highest BCUT2D eigenvalue weighted by atomic mass is 79.9. The van der Waals surface area contributed by atoms with Gasteiger partial charge < -0.3 is 10.5 Å². The Morgan fingerprint density at radius 2 is 1.70 bits per heavy atom. The second-order valence-electron chi connectivity index (χ2n) is 11.7. The summed E-state index contributed by atoms with van der Waals surface area (Å²) in [5, 5.41) is 10.5. The molecule has 0 aromatic heterocycles. The highest BCUT2D eigenvalue weighted by molar-refractivity contribution is 9.10. The molecule has 40 heavy (non-hydrogen) atoms. The van der Waals surface area contributed by atoms with Crippen molar-refractivity contribution in [2.75, 3.05) is 4.90 Å². The van der Waals surface area contributed by atoms with Crippen LogP contribution >= 0.6 is 15.9 Å². The smallest absolute Gasteiger partial charge is 0.162 e. The maximum Gasteiger partial charge on any atom is 0.162 e. The third kappa shape index (κ3) is 5.19. The fourth-order valence-electron chi connectivity index (χ4n) is 5.91. The number of allylic oxidation sites excluding steroid dienone is 3. The van der Waals surface area contributed by atoms with E-state index in [1.165, 1.54) is 0 Å². The number of nitriles is 1. The second kappa shape index (κ2) is 10.6. The third-order valence-corrected chi connectivity index (χ3v) is 8.42. The fraction of sp³-hybridized carbons (Fsp3) is 0.294. The van der Waals surface area contributed by atoms with E-state index in [0.717, 1.165) is 49.4 Å². The molecule has 0 bridgehead atoms. The van der Waals surface area contributed by atoms with Crippen LogP contribution in [-0.2, 0) is 11.4 Å². The van der Waals surface area contributed by atoms with Crippen molar-refractivity contribution in [3.05, 3.63) is 116 Å². The molecule has 0 spiro atoms. The highest BCUT2D eigenvalue weighted by Crippen LogP contribution is 2.51. The summed E-state index contributed by atoms with van der Waals surface area (Å²) in [7, 11) is 0. The first kappa shape index (κ1) is 27.7. The molecule has 3 aromatic carbocycles. The predicted octanol–water partition coefficient (Wildman–Crippen LogP) is 7.89. The molecule has 1 aliphatic carbocycles. The van der Waals surface area contributed by atoms with E-state index in [1.807, 2.05) is 74.2 Å². The van der Waals surface area contributed by atoms with Gasteiger partial charge in [0.1, 0.15) is 18.2 Å². The standard InChI is InChI=1S/C34H34BrN3O2/c1-20-6-10-25(11-7-20)38-29-16-34(4,5)17-30(39)32(29)31(28(18-36)33(38)37)27-15-21(2)14-23(22(27)3)19-40-26-12-8-24(35)9-13-26/h6-15,31H,16-17,19,37H2,1-5H3. The van der Waals surface area contributed by atoms with Crippen LogP contribution in [0.4, 0.5) is 5.69 Å². The molecule has 204 valence electrons. The van der Waals surface area contributed by atoms with Crippen LogP contribution in [0.15, 0.2) is 87.8 Å². The van der Waals surface area contributed by atoms with Crippen LogP contribution in [0.5, 0.6) is 5.75 Å². The van der Waals surface area contributed by atoms with E-state index in [1.54, 1.807) is 0 Å². The Labute approximate surface area is 245 Å². The van der Waals surface area contributed by atoms with Crippen LogP contribution in [0, 0.1) is 37.5 Å². The van der Waals surface area contributed by atoms with Crippen LogP contribution in [0.3, 0.4) is 0 Å². The monoisotopic (exact) mass is 595 g/mol. The Kier molecular flexibility index (Phi) is 7.37. The third-order valence-electron chi connectivity index (χ3n) is 7.89. The minimum atomic E-state index is -0.531. The first-order valence-electron chi connectivity index (χ1n) is 13.5. The molecular formula is C34H34BrN3O2. The lowest BCUT2D eigenvalue weighted by Gasteiger charge is -2.44. The lowest BCUT2D eigenvalue weighted by Crippen LogP contribution is -2.42. The predicted molar refractivity (Wildman–Crippen MR) is 163 cm³/mol. The number of ether oxygens (including phenoxy) is 1. The van der Waals surface area contributed by atoms with Gasteiger partial charge in [-0.15, -0.1) is 0 Å². The lowest BCUT2D eigenvalue weighted by atomic mass is 9.68. The molecule has 0 saturated carbocycles. The molecule has 0 fully saturated rings. The van der Waals surface area contributed by atoms with Gasteiger partial charge in [0.05, 0.1) is 17.6 Å². The summed E-state index contributed by atoms with van der Waals surface area (Å²) in [5.41, 5.74) is 14.6. The number of hydrogen-bond acceptors (Lipinski definition) is 5. The number of nitrogens with two attached hydrogens (primary N) is 1. The van der Waals surface area contributed by atoms with Crippen LogP contribution in [0.2, 0.25) is 0 Å². The van der Waals surface area contributed by atoms with Crippen molar-refractivity contribution in [2.45, 2.75) is 60.0 Å². The molecule has 1 aliphatic heterocycles. The molecule has 1 heterocycles. The van der Waals surface area contributed by atoms with Gasteiger partial charge in [0, 0.05) is 27.9 Å². The normalized spacial score (nSPS) is 18.5. The lowest BCUT2D eigenvalue weighted by molar-refractivity contribution is -0.118. The number of ketones is 1. The van der Waals surface area contributed by atoms with Crippen LogP contribution in [-0.4, -0.2) is 5.78 Å². The minimum absolute atomic E-state index is 0.0715. The summed E-state index contributed by atoms with van der Waals surface area (Å²) in [4.78, 5) is 15.9. The van der Waals surface area contributed by atoms with E-state index in [4.69, 9.17) is 10.5 Å². The largest absolute Gasteiger partial charge is 0.489 e. The van der Waals surface area contributed by atoms with Gasteiger partial charge >= 0.3 is 0 Å².